The fraction of sp³-hybridized carbons (Fsp3) is 0.333. The number of carboxylic acid groups (broad SMARTS) is 1. The normalized spacial score (nSPS) is 16.7. The number of primary amides is 1. The van der Waals surface area contributed by atoms with Crippen molar-refractivity contribution in [3.05, 3.63) is 35.4 Å². The number of nitrogens with one attached hydrogen (secondary N) is 1. The predicted molar refractivity (Wildman–Crippen MR) is 83.9 cm³/mol. The lowest BCUT2D eigenvalue weighted by molar-refractivity contribution is -0.192. The molecule has 26 heavy (non-hydrogen) atoms. The van der Waals surface area contributed by atoms with E-state index in [1.807, 2.05) is 12.1 Å². The van der Waals surface area contributed by atoms with Gasteiger partial charge in [-0.3, -0.25) is 15.0 Å². The second-order valence-electron chi connectivity index (χ2n) is 5.42. The lowest BCUT2D eigenvalue weighted by Crippen LogP contribution is -2.33. The number of nitrogens with zero attached hydrogens (tertiary/aromatic N) is 1. The fourth-order valence-corrected chi connectivity index (χ4v) is 2.17. The standard InChI is InChI=1S/C13H16N4O2.C2HF3O2/c14-11(15)9-3-1-8(2-4-9)7-17-6-5-10(12(16)18)13(17)19;3-2(4,5)1(6)7/h1-4,10H,5-7H2,(H3,14,15)(H2,16,18);(H,6,7)/t10-;/m0./s1. The van der Waals surface area contributed by atoms with Gasteiger partial charge in [0.05, 0.1) is 0 Å². The lowest BCUT2D eigenvalue weighted by Gasteiger charge is -2.16. The summed E-state index contributed by atoms with van der Waals surface area (Å²) < 4.78 is 31.7. The van der Waals surface area contributed by atoms with Gasteiger partial charge in [-0.25, -0.2) is 4.79 Å². The van der Waals surface area contributed by atoms with Crippen molar-refractivity contribution in [3.8, 4) is 0 Å². The average Bonchev–Trinajstić information content (AvgIpc) is 2.88. The monoisotopic (exact) mass is 374 g/mol. The number of nitrogen functional groups attached to an aromatic ring is 1. The molecule has 0 unspecified atom stereocenters. The Morgan fingerprint density at radius 3 is 2.08 bits per heavy atom. The Kier molecular flexibility index (Phi) is 6.70. The van der Waals surface area contributed by atoms with Gasteiger partial charge < -0.3 is 21.5 Å². The molecule has 0 aliphatic carbocycles. The molecule has 0 saturated carbocycles. The number of alkyl halides is 3. The largest absolute Gasteiger partial charge is 0.490 e. The number of aliphatic carboxylic acids is 1. The van der Waals surface area contributed by atoms with E-state index >= 15 is 0 Å². The van der Waals surface area contributed by atoms with Gasteiger partial charge in [-0.05, 0) is 12.0 Å². The number of rotatable bonds is 4. The molecule has 0 spiro atoms. The molecule has 1 atom stereocenters. The highest BCUT2D eigenvalue weighted by Gasteiger charge is 2.38. The zero-order valence-electron chi connectivity index (χ0n) is 13.4. The van der Waals surface area contributed by atoms with Crippen LogP contribution in [0.25, 0.3) is 0 Å². The Morgan fingerprint density at radius 1 is 1.23 bits per heavy atom. The van der Waals surface area contributed by atoms with E-state index in [0.29, 0.717) is 25.1 Å². The van der Waals surface area contributed by atoms with Crippen LogP contribution in [0.3, 0.4) is 0 Å². The molecule has 1 heterocycles. The van der Waals surface area contributed by atoms with Crippen LogP contribution in [0.5, 0.6) is 0 Å². The van der Waals surface area contributed by atoms with Gasteiger partial charge in [0.15, 0.2) is 0 Å². The van der Waals surface area contributed by atoms with Crippen molar-refractivity contribution in [2.24, 2.45) is 17.4 Å². The van der Waals surface area contributed by atoms with Gasteiger partial charge in [-0.2, -0.15) is 13.2 Å². The summed E-state index contributed by atoms with van der Waals surface area (Å²) in [7, 11) is 0. The third-order valence-corrected chi connectivity index (χ3v) is 3.52. The highest BCUT2D eigenvalue weighted by molar-refractivity contribution is 6.00. The summed E-state index contributed by atoms with van der Waals surface area (Å²) in [5.74, 6) is -4.19. The molecule has 142 valence electrons. The summed E-state index contributed by atoms with van der Waals surface area (Å²) in [6, 6.07) is 7.12. The number of halogens is 3. The topological polar surface area (TPSA) is 151 Å². The summed E-state index contributed by atoms with van der Waals surface area (Å²) in [5.41, 5.74) is 12.1. The number of likely N-dealkylation sites (tertiary alicyclic amines) is 1. The molecule has 2 rings (SSSR count). The van der Waals surface area contributed by atoms with Gasteiger partial charge in [0.1, 0.15) is 11.8 Å². The average molecular weight is 374 g/mol. The van der Waals surface area contributed by atoms with Gasteiger partial charge in [-0.1, -0.05) is 24.3 Å². The van der Waals surface area contributed by atoms with Crippen molar-refractivity contribution in [1.82, 2.24) is 4.90 Å². The van der Waals surface area contributed by atoms with E-state index in [1.165, 1.54) is 0 Å². The molecule has 0 radical (unpaired) electrons. The number of hydrogen-bond donors (Lipinski definition) is 4. The fourth-order valence-electron chi connectivity index (χ4n) is 2.17. The smallest absolute Gasteiger partial charge is 0.475 e. The van der Waals surface area contributed by atoms with Crippen LogP contribution in [0.4, 0.5) is 13.2 Å². The van der Waals surface area contributed by atoms with Gasteiger partial charge >= 0.3 is 12.1 Å². The lowest BCUT2D eigenvalue weighted by atomic mass is 10.1. The number of nitrogens with two attached hydrogens (primary N) is 2. The molecular formula is C15H17F3N4O4. The molecule has 1 fully saturated rings. The van der Waals surface area contributed by atoms with Crippen molar-refractivity contribution in [3.63, 3.8) is 0 Å². The molecule has 0 bridgehead atoms. The van der Waals surface area contributed by atoms with Gasteiger partial charge in [-0.15, -0.1) is 0 Å². The third kappa shape index (κ3) is 5.76. The Morgan fingerprint density at radius 2 is 1.73 bits per heavy atom. The highest BCUT2D eigenvalue weighted by atomic mass is 19.4. The Hall–Kier alpha value is -3.11. The van der Waals surface area contributed by atoms with Crippen LogP contribution in [-0.4, -0.2) is 46.3 Å². The number of amidine groups is 1. The van der Waals surface area contributed by atoms with E-state index in [0.717, 1.165) is 5.56 Å². The first kappa shape index (κ1) is 20.9. The Bertz CT molecular complexity index is 704. The Balaban J connectivity index is 0.000000412. The van der Waals surface area contributed by atoms with Gasteiger partial charge in [0.2, 0.25) is 11.8 Å². The molecule has 1 aliphatic rings. The van der Waals surface area contributed by atoms with E-state index in [-0.39, 0.29) is 11.7 Å². The molecule has 6 N–H and O–H groups in total. The SMILES string of the molecule is N=C(N)c1ccc(CN2CC[C@@H](C(N)=O)C2=O)cc1.O=C(O)C(F)(F)F. The maximum atomic E-state index is 11.9. The number of hydrogen-bond acceptors (Lipinski definition) is 4. The van der Waals surface area contributed by atoms with Crippen LogP contribution in [0.1, 0.15) is 17.5 Å². The highest BCUT2D eigenvalue weighted by Crippen LogP contribution is 2.20. The maximum absolute atomic E-state index is 11.9. The molecule has 2 amide bonds. The minimum Gasteiger partial charge on any atom is -0.475 e. The van der Waals surface area contributed by atoms with Crippen molar-refractivity contribution < 1.29 is 32.7 Å². The second kappa shape index (κ2) is 8.32. The minimum atomic E-state index is -5.08. The van der Waals surface area contributed by atoms with Crippen LogP contribution in [-0.2, 0) is 20.9 Å². The first-order chi connectivity index (χ1) is 11.9. The molecule has 1 aromatic carbocycles. The number of benzene rings is 1. The van der Waals surface area contributed by atoms with E-state index in [2.05, 4.69) is 0 Å². The van der Waals surface area contributed by atoms with Crippen molar-refractivity contribution in [1.29, 1.82) is 5.41 Å². The van der Waals surface area contributed by atoms with Gasteiger partial charge in [0.25, 0.3) is 0 Å². The summed E-state index contributed by atoms with van der Waals surface area (Å²) in [5, 5.41) is 14.4. The van der Waals surface area contributed by atoms with E-state index in [4.69, 9.17) is 26.8 Å². The molecule has 0 aromatic heterocycles. The first-order valence-electron chi connectivity index (χ1n) is 7.25. The quantitative estimate of drug-likeness (QED) is 0.342. The van der Waals surface area contributed by atoms with Gasteiger partial charge in [0, 0.05) is 18.7 Å². The molecule has 1 aliphatic heterocycles. The molecule has 8 nitrogen and oxygen atoms in total. The van der Waals surface area contributed by atoms with Crippen molar-refractivity contribution >= 4 is 23.6 Å². The summed E-state index contributed by atoms with van der Waals surface area (Å²) in [6.45, 7) is 0.988. The van der Waals surface area contributed by atoms with Crippen LogP contribution in [0, 0.1) is 11.3 Å². The minimum absolute atomic E-state index is 0.0117. The summed E-state index contributed by atoms with van der Waals surface area (Å²) >= 11 is 0. The third-order valence-electron chi connectivity index (χ3n) is 3.52. The Labute approximate surface area is 146 Å². The van der Waals surface area contributed by atoms with E-state index < -0.39 is 24.0 Å². The maximum Gasteiger partial charge on any atom is 0.490 e. The zero-order chi connectivity index (χ0) is 20.1. The van der Waals surface area contributed by atoms with Crippen LogP contribution in [0.15, 0.2) is 24.3 Å². The molecule has 11 heteroatoms. The number of carbonyl (C=O) groups excluding carboxylic acids is 2. The van der Waals surface area contributed by atoms with E-state index in [9.17, 15) is 22.8 Å². The van der Waals surface area contributed by atoms with E-state index in [1.54, 1.807) is 17.0 Å². The molecule has 1 aromatic rings. The summed E-state index contributed by atoms with van der Waals surface area (Å²) in [6.07, 6.45) is -4.60. The zero-order valence-corrected chi connectivity index (χ0v) is 13.4. The molecule has 1 saturated heterocycles. The number of carboxylic acids is 1. The molecular weight excluding hydrogens is 357 g/mol. The predicted octanol–water partition coefficient (Wildman–Crippen LogP) is 0.438. The van der Waals surface area contributed by atoms with Crippen LogP contribution >= 0.6 is 0 Å². The van der Waals surface area contributed by atoms with Crippen LogP contribution in [0.2, 0.25) is 0 Å². The van der Waals surface area contributed by atoms with Crippen LogP contribution < -0.4 is 11.5 Å². The van der Waals surface area contributed by atoms with Crippen molar-refractivity contribution in [2.45, 2.75) is 19.1 Å². The second-order valence-corrected chi connectivity index (χ2v) is 5.42. The number of amides is 2. The summed E-state index contributed by atoms with van der Waals surface area (Å²) in [4.78, 5) is 33.5. The number of carbonyl (C=O) groups is 3. The first-order valence-corrected chi connectivity index (χ1v) is 7.25. The van der Waals surface area contributed by atoms with Crippen molar-refractivity contribution in [2.75, 3.05) is 6.54 Å².